The van der Waals surface area contributed by atoms with E-state index in [0.717, 1.165) is 12.8 Å². The van der Waals surface area contributed by atoms with E-state index < -0.39 is 16.1 Å². The Morgan fingerprint density at radius 1 is 1.50 bits per heavy atom. The Hall–Kier alpha value is -0.170. The third-order valence-corrected chi connectivity index (χ3v) is 4.13. The molecular formula is C10H21NO4S. The Labute approximate surface area is 97.2 Å². The minimum absolute atomic E-state index is 0.00217. The molecule has 1 rings (SSSR count). The summed E-state index contributed by atoms with van der Waals surface area (Å²) >= 11 is 0. The van der Waals surface area contributed by atoms with Crippen LogP contribution >= 0.6 is 0 Å². The van der Waals surface area contributed by atoms with Crippen molar-refractivity contribution in [2.24, 2.45) is 5.92 Å². The molecule has 0 spiro atoms. The number of hydrogen-bond acceptors (Lipinski definition) is 4. The summed E-state index contributed by atoms with van der Waals surface area (Å²) in [7, 11) is -3.33. The van der Waals surface area contributed by atoms with Crippen LogP contribution in [-0.4, -0.2) is 44.6 Å². The molecule has 1 aliphatic heterocycles. The van der Waals surface area contributed by atoms with Crippen molar-refractivity contribution in [3.8, 4) is 0 Å². The molecule has 1 aliphatic rings. The zero-order valence-electron chi connectivity index (χ0n) is 9.85. The first-order valence-electron chi connectivity index (χ1n) is 5.68. The maximum Gasteiger partial charge on any atom is 0.214 e. The molecule has 2 unspecified atom stereocenters. The Bertz CT molecular complexity index is 296. The summed E-state index contributed by atoms with van der Waals surface area (Å²) in [5.41, 5.74) is 0. The lowest BCUT2D eigenvalue weighted by atomic mass is 10.1. The van der Waals surface area contributed by atoms with Crippen molar-refractivity contribution < 1.29 is 18.3 Å². The molecule has 6 heteroatoms. The second-order valence-electron chi connectivity index (χ2n) is 4.58. The van der Waals surface area contributed by atoms with Crippen LogP contribution in [0.1, 0.15) is 26.7 Å². The molecule has 0 radical (unpaired) electrons. The lowest BCUT2D eigenvalue weighted by Gasteiger charge is -2.16. The van der Waals surface area contributed by atoms with Gasteiger partial charge in [0.15, 0.2) is 0 Å². The topological polar surface area (TPSA) is 75.6 Å². The van der Waals surface area contributed by atoms with E-state index in [-0.39, 0.29) is 24.3 Å². The minimum Gasteiger partial charge on any atom is -0.391 e. The molecule has 0 amide bonds. The molecule has 1 saturated heterocycles. The van der Waals surface area contributed by atoms with E-state index in [0.29, 0.717) is 6.61 Å². The normalized spacial score (nSPS) is 23.9. The van der Waals surface area contributed by atoms with E-state index in [1.165, 1.54) is 0 Å². The van der Waals surface area contributed by atoms with Crippen LogP contribution in [0.4, 0.5) is 0 Å². The van der Waals surface area contributed by atoms with Gasteiger partial charge in [-0.25, -0.2) is 13.1 Å². The molecule has 0 bridgehead atoms. The number of hydrogen-bond donors (Lipinski definition) is 2. The highest BCUT2D eigenvalue weighted by atomic mass is 32.2. The highest BCUT2D eigenvalue weighted by molar-refractivity contribution is 7.89. The van der Waals surface area contributed by atoms with E-state index >= 15 is 0 Å². The maximum absolute atomic E-state index is 11.6. The predicted molar refractivity (Wildman–Crippen MR) is 61.6 cm³/mol. The first-order chi connectivity index (χ1) is 7.41. The van der Waals surface area contributed by atoms with Crippen molar-refractivity contribution in [1.29, 1.82) is 0 Å². The highest BCUT2D eigenvalue weighted by Gasteiger charge is 2.23. The van der Waals surface area contributed by atoms with Crippen LogP contribution in [-0.2, 0) is 14.8 Å². The Balaban J connectivity index is 2.33. The highest BCUT2D eigenvalue weighted by Crippen LogP contribution is 2.13. The van der Waals surface area contributed by atoms with Crippen molar-refractivity contribution in [3.63, 3.8) is 0 Å². The smallest absolute Gasteiger partial charge is 0.214 e. The average Bonchev–Trinajstić information content (AvgIpc) is 2.65. The first kappa shape index (κ1) is 13.9. The Kier molecular flexibility index (Phi) is 5.17. The van der Waals surface area contributed by atoms with Crippen LogP contribution in [0.5, 0.6) is 0 Å². The molecule has 96 valence electrons. The predicted octanol–water partition coefficient (Wildman–Crippen LogP) is 0.102. The number of sulfonamides is 1. The lowest BCUT2D eigenvalue weighted by molar-refractivity contribution is 0.124. The summed E-state index contributed by atoms with van der Waals surface area (Å²) in [6.07, 6.45) is 0.899. The van der Waals surface area contributed by atoms with Crippen LogP contribution in [0, 0.1) is 5.92 Å². The van der Waals surface area contributed by atoms with Crippen LogP contribution in [0.25, 0.3) is 0 Å². The molecule has 0 aromatic carbocycles. The standard InChI is InChI=1S/C10H21NO4S/c1-8(2)10(12)6-11-16(13,14)7-9-4-3-5-15-9/h8-12H,3-7H2,1-2H3. The van der Waals surface area contributed by atoms with Gasteiger partial charge < -0.3 is 9.84 Å². The molecule has 0 aromatic rings. The van der Waals surface area contributed by atoms with Crippen LogP contribution < -0.4 is 4.72 Å². The van der Waals surface area contributed by atoms with Gasteiger partial charge in [-0.3, -0.25) is 0 Å². The fourth-order valence-corrected chi connectivity index (χ4v) is 2.82. The quantitative estimate of drug-likeness (QED) is 0.702. The summed E-state index contributed by atoms with van der Waals surface area (Å²) in [5.74, 6) is 0.0445. The molecule has 1 fully saturated rings. The summed E-state index contributed by atoms with van der Waals surface area (Å²) in [6, 6.07) is 0. The van der Waals surface area contributed by atoms with E-state index in [1.54, 1.807) is 0 Å². The van der Waals surface area contributed by atoms with E-state index in [2.05, 4.69) is 4.72 Å². The van der Waals surface area contributed by atoms with Gasteiger partial charge in [0, 0.05) is 13.2 Å². The van der Waals surface area contributed by atoms with Gasteiger partial charge in [0.05, 0.1) is 18.0 Å². The third kappa shape index (κ3) is 4.78. The molecule has 0 saturated carbocycles. The molecule has 2 N–H and O–H groups in total. The Morgan fingerprint density at radius 3 is 2.69 bits per heavy atom. The summed E-state index contributed by atoms with van der Waals surface area (Å²) < 4.78 is 30.9. The average molecular weight is 251 g/mol. The molecule has 1 heterocycles. The van der Waals surface area contributed by atoms with Gasteiger partial charge in [0.2, 0.25) is 10.0 Å². The lowest BCUT2D eigenvalue weighted by Crippen LogP contribution is -2.38. The number of aliphatic hydroxyl groups excluding tert-OH is 1. The second-order valence-corrected chi connectivity index (χ2v) is 6.43. The van der Waals surface area contributed by atoms with Crippen molar-refractivity contribution in [3.05, 3.63) is 0 Å². The van der Waals surface area contributed by atoms with Crippen molar-refractivity contribution in [1.82, 2.24) is 4.72 Å². The van der Waals surface area contributed by atoms with Gasteiger partial charge in [-0.15, -0.1) is 0 Å². The molecule has 5 nitrogen and oxygen atoms in total. The molecule has 0 aromatic heterocycles. The van der Waals surface area contributed by atoms with Gasteiger partial charge in [0.25, 0.3) is 0 Å². The monoisotopic (exact) mass is 251 g/mol. The number of nitrogens with one attached hydrogen (secondary N) is 1. The van der Waals surface area contributed by atoms with Crippen LogP contribution in [0.2, 0.25) is 0 Å². The molecular weight excluding hydrogens is 230 g/mol. The third-order valence-electron chi connectivity index (χ3n) is 2.71. The summed E-state index contributed by atoms with van der Waals surface area (Å²) in [4.78, 5) is 0. The zero-order chi connectivity index (χ0) is 12.2. The van der Waals surface area contributed by atoms with Gasteiger partial charge in [-0.2, -0.15) is 0 Å². The van der Waals surface area contributed by atoms with Gasteiger partial charge in [0.1, 0.15) is 0 Å². The number of ether oxygens (including phenoxy) is 1. The number of rotatable bonds is 6. The van der Waals surface area contributed by atoms with E-state index in [1.807, 2.05) is 13.8 Å². The second kappa shape index (κ2) is 5.95. The number of aliphatic hydroxyl groups is 1. The summed E-state index contributed by atoms with van der Waals surface area (Å²) in [6.45, 7) is 4.42. The van der Waals surface area contributed by atoms with Crippen LogP contribution in [0.3, 0.4) is 0 Å². The van der Waals surface area contributed by atoms with Gasteiger partial charge >= 0.3 is 0 Å². The molecule has 0 aliphatic carbocycles. The molecule has 2 atom stereocenters. The Morgan fingerprint density at radius 2 is 2.19 bits per heavy atom. The first-order valence-corrected chi connectivity index (χ1v) is 7.33. The summed E-state index contributed by atoms with van der Waals surface area (Å²) in [5, 5.41) is 9.49. The van der Waals surface area contributed by atoms with E-state index in [9.17, 15) is 13.5 Å². The van der Waals surface area contributed by atoms with Crippen LogP contribution in [0.15, 0.2) is 0 Å². The maximum atomic E-state index is 11.6. The van der Waals surface area contributed by atoms with Crippen molar-refractivity contribution in [2.45, 2.75) is 38.9 Å². The minimum atomic E-state index is -3.33. The molecule has 16 heavy (non-hydrogen) atoms. The van der Waals surface area contributed by atoms with Crippen molar-refractivity contribution >= 4 is 10.0 Å². The SMILES string of the molecule is CC(C)C(O)CNS(=O)(=O)CC1CCCO1. The zero-order valence-corrected chi connectivity index (χ0v) is 10.7. The fourth-order valence-electron chi connectivity index (χ4n) is 1.53. The van der Waals surface area contributed by atoms with Gasteiger partial charge in [-0.05, 0) is 18.8 Å². The fraction of sp³-hybridized carbons (Fsp3) is 1.00. The van der Waals surface area contributed by atoms with Gasteiger partial charge in [-0.1, -0.05) is 13.8 Å². The van der Waals surface area contributed by atoms with Crippen molar-refractivity contribution in [2.75, 3.05) is 18.9 Å². The largest absolute Gasteiger partial charge is 0.391 e. The van der Waals surface area contributed by atoms with E-state index in [4.69, 9.17) is 4.74 Å².